The standard InChI is InChI=1S/C8H10N2O2/c11-8(12)6-3-10-7-4-9-2-1-5(6)7/h3,9-10H,1-2,4H2,(H,11,12). The highest BCUT2D eigenvalue weighted by atomic mass is 16.4. The molecule has 3 N–H and O–H groups in total. The fourth-order valence-corrected chi connectivity index (χ4v) is 1.56. The van der Waals surface area contributed by atoms with E-state index in [1.54, 1.807) is 6.20 Å². The Labute approximate surface area is 69.6 Å². The molecular weight excluding hydrogens is 156 g/mol. The lowest BCUT2D eigenvalue weighted by molar-refractivity contribution is 0.0696. The van der Waals surface area contributed by atoms with Gasteiger partial charge < -0.3 is 15.4 Å². The third-order valence-corrected chi connectivity index (χ3v) is 2.16. The van der Waals surface area contributed by atoms with Gasteiger partial charge in [-0.25, -0.2) is 4.79 Å². The van der Waals surface area contributed by atoms with Crippen LogP contribution in [0.3, 0.4) is 0 Å². The monoisotopic (exact) mass is 166 g/mol. The Kier molecular flexibility index (Phi) is 1.62. The molecule has 1 aromatic rings. The van der Waals surface area contributed by atoms with E-state index in [1.807, 2.05) is 0 Å². The molecule has 4 heteroatoms. The summed E-state index contributed by atoms with van der Waals surface area (Å²) in [6.07, 6.45) is 2.38. The van der Waals surface area contributed by atoms with Gasteiger partial charge in [-0.15, -0.1) is 0 Å². The fourth-order valence-electron chi connectivity index (χ4n) is 1.56. The van der Waals surface area contributed by atoms with Crippen molar-refractivity contribution >= 4 is 5.97 Å². The summed E-state index contributed by atoms with van der Waals surface area (Å²) in [7, 11) is 0. The van der Waals surface area contributed by atoms with Crippen molar-refractivity contribution in [3.63, 3.8) is 0 Å². The Morgan fingerprint density at radius 1 is 1.58 bits per heavy atom. The molecule has 0 atom stereocenters. The molecule has 0 bridgehead atoms. The molecule has 0 fully saturated rings. The number of aromatic nitrogens is 1. The van der Waals surface area contributed by atoms with Gasteiger partial charge in [0.05, 0.1) is 5.56 Å². The van der Waals surface area contributed by atoms with E-state index in [9.17, 15) is 4.79 Å². The second-order valence-corrected chi connectivity index (χ2v) is 2.89. The highest BCUT2D eigenvalue weighted by Gasteiger charge is 2.18. The van der Waals surface area contributed by atoms with Crippen molar-refractivity contribution in [3.8, 4) is 0 Å². The molecule has 12 heavy (non-hydrogen) atoms. The highest BCUT2D eigenvalue weighted by Crippen LogP contribution is 2.17. The number of rotatable bonds is 1. The number of aromatic carboxylic acids is 1. The maximum atomic E-state index is 10.7. The first-order chi connectivity index (χ1) is 5.79. The Bertz CT molecular complexity index is 317. The van der Waals surface area contributed by atoms with E-state index in [4.69, 9.17) is 5.11 Å². The molecule has 64 valence electrons. The highest BCUT2D eigenvalue weighted by molar-refractivity contribution is 5.89. The lowest BCUT2D eigenvalue weighted by Crippen LogP contribution is -2.24. The molecule has 0 saturated heterocycles. The Morgan fingerprint density at radius 2 is 2.42 bits per heavy atom. The van der Waals surface area contributed by atoms with Gasteiger partial charge in [0.15, 0.2) is 0 Å². The van der Waals surface area contributed by atoms with Crippen LogP contribution in [-0.2, 0) is 13.0 Å². The van der Waals surface area contributed by atoms with Crippen LogP contribution in [0.2, 0.25) is 0 Å². The number of carbonyl (C=O) groups is 1. The summed E-state index contributed by atoms with van der Waals surface area (Å²) < 4.78 is 0. The minimum atomic E-state index is -0.839. The van der Waals surface area contributed by atoms with Gasteiger partial charge in [-0.3, -0.25) is 0 Å². The van der Waals surface area contributed by atoms with Crippen LogP contribution in [0.1, 0.15) is 21.6 Å². The molecular formula is C8H10N2O2. The van der Waals surface area contributed by atoms with Crippen molar-refractivity contribution in [3.05, 3.63) is 23.0 Å². The van der Waals surface area contributed by atoms with E-state index in [2.05, 4.69) is 10.3 Å². The van der Waals surface area contributed by atoms with E-state index in [0.717, 1.165) is 30.8 Å². The summed E-state index contributed by atoms with van der Waals surface area (Å²) in [5.41, 5.74) is 2.39. The van der Waals surface area contributed by atoms with Gasteiger partial charge in [0, 0.05) is 18.4 Å². The van der Waals surface area contributed by atoms with Gasteiger partial charge in [0.2, 0.25) is 0 Å². The molecule has 0 aromatic carbocycles. The lowest BCUT2D eigenvalue weighted by atomic mass is 10.0. The first-order valence-electron chi connectivity index (χ1n) is 3.92. The maximum absolute atomic E-state index is 10.7. The summed E-state index contributed by atoms with van der Waals surface area (Å²) >= 11 is 0. The Hall–Kier alpha value is -1.29. The summed E-state index contributed by atoms with van der Waals surface area (Å²) in [6, 6.07) is 0. The first-order valence-corrected chi connectivity index (χ1v) is 3.92. The number of hydrogen-bond acceptors (Lipinski definition) is 2. The summed E-state index contributed by atoms with van der Waals surface area (Å²) in [5, 5.41) is 12.0. The van der Waals surface area contributed by atoms with Crippen molar-refractivity contribution in [1.29, 1.82) is 0 Å². The lowest BCUT2D eigenvalue weighted by Gasteiger charge is -2.12. The van der Waals surface area contributed by atoms with Crippen molar-refractivity contribution in [2.75, 3.05) is 6.54 Å². The van der Waals surface area contributed by atoms with Gasteiger partial charge in [-0.05, 0) is 18.5 Å². The van der Waals surface area contributed by atoms with E-state index >= 15 is 0 Å². The third kappa shape index (κ3) is 1.00. The van der Waals surface area contributed by atoms with Crippen molar-refractivity contribution in [2.45, 2.75) is 13.0 Å². The molecule has 1 aliphatic heterocycles. The second kappa shape index (κ2) is 2.64. The van der Waals surface area contributed by atoms with Crippen LogP contribution in [0.5, 0.6) is 0 Å². The number of nitrogens with one attached hydrogen (secondary N) is 2. The van der Waals surface area contributed by atoms with Crippen LogP contribution in [0.15, 0.2) is 6.20 Å². The molecule has 2 heterocycles. The summed E-state index contributed by atoms with van der Waals surface area (Å²) in [6.45, 7) is 1.62. The molecule has 0 unspecified atom stereocenters. The zero-order chi connectivity index (χ0) is 8.55. The Balaban J connectivity index is 2.44. The molecule has 0 spiro atoms. The predicted octanol–water partition coefficient (Wildman–Crippen LogP) is 0.359. The largest absolute Gasteiger partial charge is 0.478 e. The fraction of sp³-hybridized carbons (Fsp3) is 0.375. The van der Waals surface area contributed by atoms with E-state index in [-0.39, 0.29) is 0 Å². The topological polar surface area (TPSA) is 65.1 Å². The molecule has 1 aromatic heterocycles. The van der Waals surface area contributed by atoms with Crippen LogP contribution < -0.4 is 5.32 Å². The summed E-state index contributed by atoms with van der Waals surface area (Å²) in [5.74, 6) is -0.839. The SMILES string of the molecule is O=C(O)c1c[nH]c2c1CCNC2. The number of hydrogen-bond donors (Lipinski definition) is 3. The van der Waals surface area contributed by atoms with Crippen LogP contribution in [-0.4, -0.2) is 22.6 Å². The molecule has 2 rings (SSSR count). The number of aromatic amines is 1. The molecule has 0 radical (unpaired) electrons. The van der Waals surface area contributed by atoms with Crippen LogP contribution in [0.25, 0.3) is 0 Å². The van der Waals surface area contributed by atoms with Crippen LogP contribution in [0.4, 0.5) is 0 Å². The first kappa shape index (κ1) is 7.36. The zero-order valence-corrected chi connectivity index (χ0v) is 6.55. The van der Waals surface area contributed by atoms with Gasteiger partial charge in [-0.2, -0.15) is 0 Å². The predicted molar refractivity (Wildman–Crippen MR) is 43.2 cm³/mol. The van der Waals surface area contributed by atoms with Crippen LogP contribution >= 0.6 is 0 Å². The van der Waals surface area contributed by atoms with Gasteiger partial charge in [-0.1, -0.05) is 0 Å². The summed E-state index contributed by atoms with van der Waals surface area (Å²) in [4.78, 5) is 13.7. The van der Waals surface area contributed by atoms with Crippen molar-refractivity contribution in [2.24, 2.45) is 0 Å². The molecule has 1 aliphatic rings. The third-order valence-electron chi connectivity index (χ3n) is 2.16. The smallest absolute Gasteiger partial charge is 0.337 e. The Morgan fingerprint density at radius 3 is 3.17 bits per heavy atom. The second-order valence-electron chi connectivity index (χ2n) is 2.89. The quantitative estimate of drug-likeness (QED) is 0.564. The normalized spacial score (nSPS) is 15.7. The van der Waals surface area contributed by atoms with Crippen LogP contribution in [0, 0.1) is 0 Å². The van der Waals surface area contributed by atoms with Crippen molar-refractivity contribution in [1.82, 2.24) is 10.3 Å². The number of carboxylic acids is 1. The zero-order valence-electron chi connectivity index (χ0n) is 6.55. The number of carboxylic acid groups (broad SMARTS) is 1. The maximum Gasteiger partial charge on any atom is 0.337 e. The number of H-pyrrole nitrogens is 1. The van der Waals surface area contributed by atoms with Crippen molar-refractivity contribution < 1.29 is 9.90 Å². The van der Waals surface area contributed by atoms with Gasteiger partial charge in [0.1, 0.15) is 0 Å². The average molecular weight is 166 g/mol. The van der Waals surface area contributed by atoms with E-state index in [1.165, 1.54) is 0 Å². The number of fused-ring (bicyclic) bond motifs is 1. The minimum absolute atomic E-state index is 0.423. The molecule has 0 saturated carbocycles. The van der Waals surface area contributed by atoms with E-state index in [0.29, 0.717) is 5.56 Å². The average Bonchev–Trinajstić information content (AvgIpc) is 2.47. The minimum Gasteiger partial charge on any atom is -0.478 e. The van der Waals surface area contributed by atoms with Gasteiger partial charge >= 0.3 is 5.97 Å². The molecule has 0 amide bonds. The molecule has 4 nitrogen and oxygen atoms in total. The van der Waals surface area contributed by atoms with E-state index < -0.39 is 5.97 Å². The van der Waals surface area contributed by atoms with Gasteiger partial charge in [0.25, 0.3) is 0 Å². The molecule has 0 aliphatic carbocycles.